The molecule has 0 saturated carbocycles. The Morgan fingerprint density at radius 2 is 1.73 bits per heavy atom. The molecule has 1 atom stereocenters. The molecule has 2 N–H and O–H groups in total. The summed E-state index contributed by atoms with van der Waals surface area (Å²) in [7, 11) is 1.72. The van der Waals surface area contributed by atoms with E-state index in [0.29, 0.717) is 23.7 Å². The number of carbonyl (C=O) groups excluding carboxylic acids is 2. The molecule has 168 valence electrons. The topological polar surface area (TPSA) is 57.1 Å². The normalized spacial score (nSPS) is 15.6. The number of alkyl halides is 3. The summed E-state index contributed by atoms with van der Waals surface area (Å²) in [6.07, 6.45) is -1.46. The molecule has 0 radical (unpaired) electrons. The van der Waals surface area contributed by atoms with Crippen LogP contribution >= 0.6 is 0 Å². The fourth-order valence-electron chi connectivity index (χ4n) is 3.70. The maximum absolute atomic E-state index is 13.2. The molecule has 9 heteroatoms. The molecular weight excluding hydrogens is 397 g/mol. The molecule has 1 unspecified atom stereocenters. The largest absolute Gasteiger partial charge is 0.416 e. The maximum Gasteiger partial charge on any atom is 0.416 e. The Hall–Kier alpha value is -2.29. The van der Waals surface area contributed by atoms with Crippen LogP contribution in [0, 0.1) is 0 Å². The van der Waals surface area contributed by atoms with E-state index in [4.69, 9.17) is 0 Å². The predicted octanol–water partition coefficient (Wildman–Crippen LogP) is 2.02. The molecule has 1 fully saturated rings. The van der Waals surface area contributed by atoms with Crippen molar-refractivity contribution in [2.75, 3.05) is 56.5 Å². The zero-order valence-corrected chi connectivity index (χ0v) is 17.9. The number of hydrogen-bond acceptors (Lipinski definition) is 3. The smallest absolute Gasteiger partial charge is 0.370 e. The quantitative estimate of drug-likeness (QED) is 0.665. The third kappa shape index (κ3) is 6.62. The maximum atomic E-state index is 13.2. The van der Waals surface area contributed by atoms with Crippen LogP contribution in [-0.4, -0.2) is 63.0 Å². The molecule has 30 heavy (non-hydrogen) atoms. The summed E-state index contributed by atoms with van der Waals surface area (Å²) >= 11 is 0. The molecule has 0 spiro atoms. The predicted molar refractivity (Wildman–Crippen MR) is 111 cm³/mol. The Kier molecular flexibility index (Phi) is 8.52. The van der Waals surface area contributed by atoms with Crippen molar-refractivity contribution in [3.63, 3.8) is 0 Å². The summed E-state index contributed by atoms with van der Waals surface area (Å²) in [4.78, 5) is 29.1. The van der Waals surface area contributed by atoms with Crippen molar-refractivity contribution in [1.82, 2.24) is 4.90 Å². The number of nitrogens with zero attached hydrogens (tertiary/aromatic N) is 2. The first-order chi connectivity index (χ1) is 14.2. The number of piperidine rings is 1. The Balaban J connectivity index is 2.12. The van der Waals surface area contributed by atoms with Crippen LogP contribution in [0.25, 0.3) is 0 Å². The highest BCUT2D eigenvalue weighted by Crippen LogP contribution is 2.36. The average molecular weight is 430 g/mol. The lowest BCUT2D eigenvalue weighted by atomic mass is 10.1. The van der Waals surface area contributed by atoms with Gasteiger partial charge in [-0.3, -0.25) is 9.59 Å². The van der Waals surface area contributed by atoms with E-state index >= 15 is 0 Å². The minimum Gasteiger partial charge on any atom is -0.370 e. The van der Waals surface area contributed by atoms with Gasteiger partial charge in [0.1, 0.15) is 0 Å². The summed E-state index contributed by atoms with van der Waals surface area (Å²) in [5.74, 6) is -0.476. The van der Waals surface area contributed by atoms with Gasteiger partial charge < -0.3 is 20.0 Å². The fraction of sp³-hybridized carbons (Fsp3) is 0.619. The molecule has 2 rings (SSSR count). The number of benzene rings is 1. The van der Waals surface area contributed by atoms with Crippen molar-refractivity contribution in [2.24, 2.45) is 0 Å². The molecule has 1 aromatic rings. The van der Waals surface area contributed by atoms with E-state index in [2.05, 4.69) is 5.32 Å². The second kappa shape index (κ2) is 10.7. The molecule has 2 amide bonds. The highest BCUT2D eigenvalue weighted by Gasteiger charge is 2.32. The first-order valence-electron chi connectivity index (χ1n) is 10.5. The van der Waals surface area contributed by atoms with Crippen molar-refractivity contribution in [3.05, 3.63) is 23.8 Å². The fourth-order valence-corrected chi connectivity index (χ4v) is 3.70. The summed E-state index contributed by atoms with van der Waals surface area (Å²) < 4.78 is 39.6. The van der Waals surface area contributed by atoms with Gasteiger partial charge in [-0.15, -0.1) is 0 Å². The van der Waals surface area contributed by atoms with Gasteiger partial charge in [0.25, 0.3) is 11.8 Å². The zero-order chi connectivity index (χ0) is 22.3. The van der Waals surface area contributed by atoms with Gasteiger partial charge in [0.2, 0.25) is 0 Å². The minimum atomic E-state index is -4.49. The molecule has 1 aromatic carbocycles. The van der Waals surface area contributed by atoms with Crippen molar-refractivity contribution in [1.29, 1.82) is 0 Å². The summed E-state index contributed by atoms with van der Waals surface area (Å²) in [5.41, 5.74) is -0.0245. The average Bonchev–Trinajstić information content (AvgIpc) is 2.68. The standard InChI is InChI=1S/C21H31F3N4O2/c1-4-27(5-2)20(30)15-26(3)14-19(29)25-17-13-16(21(22,23)24)9-10-18(17)28-11-7-6-8-12-28/h9-10,13H,4-8,11-12,14-15H2,1-3H3,(H,25,29)/p+1. The molecule has 1 heterocycles. The first kappa shape index (κ1) is 24.0. The molecule has 0 bridgehead atoms. The van der Waals surface area contributed by atoms with E-state index in [0.717, 1.165) is 44.5 Å². The number of amides is 2. The molecule has 0 aliphatic carbocycles. The SMILES string of the molecule is CCN(CC)C(=O)C[NH+](C)CC(=O)Nc1cc(C(F)(F)F)ccc1N1CCCCC1. The van der Waals surface area contributed by atoms with Crippen LogP contribution in [-0.2, 0) is 15.8 Å². The monoisotopic (exact) mass is 429 g/mol. The van der Waals surface area contributed by atoms with Crippen LogP contribution in [0.3, 0.4) is 0 Å². The third-order valence-corrected chi connectivity index (χ3v) is 5.33. The lowest BCUT2D eigenvalue weighted by Crippen LogP contribution is -3.11. The highest BCUT2D eigenvalue weighted by molar-refractivity contribution is 5.95. The van der Waals surface area contributed by atoms with Crippen molar-refractivity contribution < 1.29 is 27.7 Å². The molecule has 0 aromatic heterocycles. The summed E-state index contributed by atoms with van der Waals surface area (Å²) in [6.45, 7) is 6.60. The lowest BCUT2D eigenvalue weighted by Gasteiger charge is -2.31. The molecular formula is C21H32F3N4O2+. The van der Waals surface area contributed by atoms with E-state index in [1.165, 1.54) is 6.07 Å². The van der Waals surface area contributed by atoms with Crippen molar-refractivity contribution in [3.8, 4) is 0 Å². The van der Waals surface area contributed by atoms with Crippen LogP contribution in [0.15, 0.2) is 18.2 Å². The first-order valence-corrected chi connectivity index (χ1v) is 10.5. The van der Waals surface area contributed by atoms with Gasteiger partial charge in [-0.25, -0.2) is 0 Å². The summed E-state index contributed by atoms with van der Waals surface area (Å²) in [5, 5.41) is 2.66. The Morgan fingerprint density at radius 1 is 1.10 bits per heavy atom. The number of anilines is 2. The molecule has 1 saturated heterocycles. The van der Waals surface area contributed by atoms with Gasteiger partial charge in [0.15, 0.2) is 13.1 Å². The van der Waals surface area contributed by atoms with Gasteiger partial charge in [-0.1, -0.05) is 0 Å². The highest BCUT2D eigenvalue weighted by atomic mass is 19.4. The van der Waals surface area contributed by atoms with Crippen LogP contribution in [0.5, 0.6) is 0 Å². The number of rotatable bonds is 8. The van der Waals surface area contributed by atoms with Crippen LogP contribution in [0.2, 0.25) is 0 Å². The number of quaternary nitrogens is 1. The van der Waals surface area contributed by atoms with Gasteiger partial charge >= 0.3 is 6.18 Å². The third-order valence-electron chi connectivity index (χ3n) is 5.33. The zero-order valence-electron chi connectivity index (χ0n) is 17.9. The molecule has 1 aliphatic heterocycles. The Morgan fingerprint density at radius 3 is 2.30 bits per heavy atom. The van der Waals surface area contributed by atoms with Gasteiger partial charge in [0.05, 0.1) is 24.0 Å². The molecule has 1 aliphatic rings. The van der Waals surface area contributed by atoms with E-state index < -0.39 is 17.6 Å². The number of halogens is 3. The van der Waals surface area contributed by atoms with E-state index in [1.54, 1.807) is 11.9 Å². The van der Waals surface area contributed by atoms with Gasteiger partial charge in [-0.05, 0) is 51.3 Å². The van der Waals surface area contributed by atoms with Crippen molar-refractivity contribution in [2.45, 2.75) is 39.3 Å². The number of nitrogens with one attached hydrogen (secondary N) is 2. The lowest BCUT2D eigenvalue weighted by molar-refractivity contribution is -0.862. The van der Waals surface area contributed by atoms with Gasteiger partial charge in [0, 0.05) is 26.2 Å². The van der Waals surface area contributed by atoms with Crippen molar-refractivity contribution >= 4 is 23.2 Å². The van der Waals surface area contributed by atoms with Gasteiger partial charge in [-0.2, -0.15) is 13.2 Å². The summed E-state index contributed by atoms with van der Waals surface area (Å²) in [6, 6.07) is 3.49. The van der Waals surface area contributed by atoms with E-state index in [1.807, 2.05) is 18.7 Å². The second-order valence-corrected chi connectivity index (χ2v) is 7.70. The van der Waals surface area contributed by atoms with Crippen LogP contribution in [0.4, 0.5) is 24.5 Å². The number of likely N-dealkylation sites (N-methyl/N-ethyl adjacent to an activating group) is 2. The molecule has 6 nitrogen and oxygen atoms in total. The Bertz CT molecular complexity index is 729. The number of carbonyl (C=O) groups is 2. The second-order valence-electron chi connectivity index (χ2n) is 7.70. The van der Waals surface area contributed by atoms with E-state index in [9.17, 15) is 22.8 Å². The van der Waals surface area contributed by atoms with Crippen LogP contribution in [0.1, 0.15) is 38.7 Å². The van der Waals surface area contributed by atoms with Crippen LogP contribution < -0.4 is 15.1 Å². The van der Waals surface area contributed by atoms with E-state index in [-0.39, 0.29) is 24.7 Å². The Labute approximate surface area is 176 Å². The minimum absolute atomic E-state index is 0.0112. The number of hydrogen-bond donors (Lipinski definition) is 2.